The number of aromatic amines is 1. The molecule has 156 valence electrons. The highest BCUT2D eigenvalue weighted by molar-refractivity contribution is 6.30. The maximum absolute atomic E-state index is 13.8. The molecule has 0 radical (unpaired) electrons. The van der Waals surface area contributed by atoms with Gasteiger partial charge in [-0.15, -0.1) is 0 Å². The molecule has 0 bridgehead atoms. The lowest BCUT2D eigenvalue weighted by molar-refractivity contribution is -0.117. The van der Waals surface area contributed by atoms with Gasteiger partial charge < -0.3 is 15.2 Å². The van der Waals surface area contributed by atoms with E-state index < -0.39 is 5.82 Å². The first kappa shape index (κ1) is 20.4. The minimum Gasteiger partial charge on any atom is -0.366 e. The Hall–Kier alpha value is -2.90. The molecule has 1 saturated heterocycles. The van der Waals surface area contributed by atoms with Crippen molar-refractivity contribution in [3.63, 3.8) is 0 Å². The van der Waals surface area contributed by atoms with Crippen LogP contribution < -0.4 is 15.8 Å². The van der Waals surface area contributed by atoms with Gasteiger partial charge in [-0.1, -0.05) is 11.6 Å². The van der Waals surface area contributed by atoms with Gasteiger partial charge in [0.15, 0.2) is 0 Å². The number of carbonyl (C=O) groups is 1. The Morgan fingerprint density at radius 2 is 2.03 bits per heavy atom. The molecule has 1 aliphatic heterocycles. The summed E-state index contributed by atoms with van der Waals surface area (Å²) in [5.41, 5.74) is 2.04. The molecule has 0 unspecified atom stereocenters. The van der Waals surface area contributed by atoms with E-state index in [1.165, 1.54) is 12.1 Å². The predicted octanol–water partition coefficient (Wildman–Crippen LogP) is 3.47. The Kier molecular flexibility index (Phi) is 5.74. The van der Waals surface area contributed by atoms with E-state index in [0.717, 1.165) is 16.6 Å². The molecule has 1 fully saturated rings. The fourth-order valence-electron chi connectivity index (χ4n) is 3.86. The third-order valence-corrected chi connectivity index (χ3v) is 5.63. The number of benzene rings is 2. The molecule has 0 saturated carbocycles. The van der Waals surface area contributed by atoms with Crippen LogP contribution in [0.15, 0.2) is 53.3 Å². The minimum atomic E-state index is -0.428. The molecule has 0 aliphatic carbocycles. The number of halogens is 2. The number of H-pyrrole nitrogens is 1. The van der Waals surface area contributed by atoms with E-state index >= 15 is 0 Å². The Morgan fingerprint density at radius 3 is 2.80 bits per heavy atom. The van der Waals surface area contributed by atoms with Crippen molar-refractivity contribution in [2.75, 3.05) is 36.4 Å². The van der Waals surface area contributed by atoms with Gasteiger partial charge in [-0.25, -0.2) is 4.39 Å². The Balaban J connectivity index is 1.36. The monoisotopic (exact) mass is 428 g/mol. The van der Waals surface area contributed by atoms with Crippen LogP contribution in [0, 0.1) is 5.82 Å². The van der Waals surface area contributed by atoms with Crippen molar-refractivity contribution in [1.29, 1.82) is 0 Å². The lowest BCUT2D eigenvalue weighted by atomic mass is 10.1. The number of rotatable bonds is 4. The zero-order valence-corrected chi connectivity index (χ0v) is 17.2. The van der Waals surface area contributed by atoms with E-state index in [4.69, 9.17) is 11.6 Å². The summed E-state index contributed by atoms with van der Waals surface area (Å²) in [6.07, 6.45) is 0. The van der Waals surface area contributed by atoms with Crippen LogP contribution in [-0.4, -0.2) is 48.0 Å². The van der Waals surface area contributed by atoms with Crippen molar-refractivity contribution in [2.45, 2.75) is 13.0 Å². The molecular weight excluding hydrogens is 407 g/mol. The smallest absolute Gasteiger partial charge is 0.248 e. The normalized spacial score (nSPS) is 17.3. The molecule has 2 N–H and O–H groups in total. The van der Waals surface area contributed by atoms with Crippen molar-refractivity contribution in [2.24, 2.45) is 0 Å². The summed E-state index contributed by atoms with van der Waals surface area (Å²) in [5, 5.41) is 3.88. The van der Waals surface area contributed by atoms with Crippen molar-refractivity contribution >= 4 is 39.8 Å². The number of nitrogens with one attached hydrogen (secondary N) is 2. The van der Waals surface area contributed by atoms with Crippen LogP contribution in [0.2, 0.25) is 5.02 Å². The molecule has 30 heavy (non-hydrogen) atoms. The maximum atomic E-state index is 13.8. The number of hydrogen-bond acceptors (Lipinski definition) is 4. The van der Waals surface area contributed by atoms with Crippen molar-refractivity contribution < 1.29 is 9.18 Å². The molecule has 1 aliphatic rings. The molecule has 1 atom stereocenters. The van der Waals surface area contributed by atoms with Crippen molar-refractivity contribution in [3.8, 4) is 0 Å². The highest BCUT2D eigenvalue weighted by Crippen LogP contribution is 2.25. The maximum Gasteiger partial charge on any atom is 0.248 e. The number of anilines is 2. The number of amides is 1. The molecule has 8 heteroatoms. The topological polar surface area (TPSA) is 68.4 Å². The molecule has 6 nitrogen and oxygen atoms in total. The van der Waals surface area contributed by atoms with E-state index in [0.29, 0.717) is 25.3 Å². The second-order valence-corrected chi connectivity index (χ2v) is 7.96. The second kappa shape index (κ2) is 8.45. The highest BCUT2D eigenvalue weighted by atomic mass is 35.5. The Bertz CT molecular complexity index is 1150. The molecule has 2 heterocycles. The van der Waals surface area contributed by atoms with Gasteiger partial charge >= 0.3 is 0 Å². The lowest BCUT2D eigenvalue weighted by Gasteiger charge is -2.41. The fraction of sp³-hybridized carbons (Fsp3) is 0.273. The lowest BCUT2D eigenvalue weighted by Crippen LogP contribution is -2.53. The van der Waals surface area contributed by atoms with Crippen LogP contribution in [0.4, 0.5) is 15.8 Å². The molecule has 1 amide bonds. The number of carbonyl (C=O) groups excluding carboxylic acids is 1. The molecule has 2 aromatic carbocycles. The summed E-state index contributed by atoms with van der Waals surface area (Å²) in [4.78, 5) is 30.9. The Morgan fingerprint density at radius 1 is 1.20 bits per heavy atom. The summed E-state index contributed by atoms with van der Waals surface area (Å²) >= 11 is 5.78. The molecule has 4 rings (SSSR count). The van der Waals surface area contributed by atoms with Gasteiger partial charge in [0.2, 0.25) is 11.5 Å². The third kappa shape index (κ3) is 4.47. The summed E-state index contributed by atoms with van der Waals surface area (Å²) < 4.78 is 13.8. The second-order valence-electron chi connectivity index (χ2n) is 7.55. The van der Waals surface area contributed by atoms with Crippen LogP contribution in [0.3, 0.4) is 0 Å². The van der Waals surface area contributed by atoms with Crippen LogP contribution in [-0.2, 0) is 4.79 Å². The van der Waals surface area contributed by atoms with E-state index in [2.05, 4.69) is 27.0 Å². The number of hydrogen-bond donors (Lipinski definition) is 2. The third-order valence-electron chi connectivity index (χ3n) is 5.32. The fourth-order valence-corrected chi connectivity index (χ4v) is 3.98. The largest absolute Gasteiger partial charge is 0.366 e. The van der Waals surface area contributed by atoms with Crippen molar-refractivity contribution in [3.05, 3.63) is 69.7 Å². The SMILES string of the molecule is C[C@@H]1CN(CC(=O)Nc2ccc3[nH]c(=O)ccc3c2)CCN1c1ccc(Cl)c(F)c1. The van der Waals surface area contributed by atoms with Crippen LogP contribution in [0.25, 0.3) is 10.9 Å². The summed E-state index contributed by atoms with van der Waals surface area (Å²) in [6.45, 7) is 4.41. The number of pyridine rings is 1. The summed E-state index contributed by atoms with van der Waals surface area (Å²) in [7, 11) is 0. The first-order chi connectivity index (χ1) is 14.4. The first-order valence-corrected chi connectivity index (χ1v) is 10.1. The standard InChI is InChI=1S/C22H22ClFN4O2/c1-14-12-27(8-9-28(14)17-4-5-18(23)19(24)11-17)13-22(30)25-16-3-6-20-15(10-16)2-7-21(29)26-20/h2-7,10-11,14H,8-9,12-13H2,1H3,(H,25,30)(H,26,29)/t14-/m1/s1. The van der Waals surface area contributed by atoms with Gasteiger partial charge in [-0.2, -0.15) is 0 Å². The van der Waals surface area contributed by atoms with E-state index in [9.17, 15) is 14.0 Å². The molecule has 1 aromatic heterocycles. The average molecular weight is 429 g/mol. The van der Waals surface area contributed by atoms with Gasteiger partial charge in [0, 0.05) is 54.0 Å². The summed E-state index contributed by atoms with van der Waals surface area (Å²) in [6, 6.07) is 13.5. The zero-order chi connectivity index (χ0) is 21.3. The van der Waals surface area contributed by atoms with Crippen LogP contribution >= 0.6 is 11.6 Å². The van der Waals surface area contributed by atoms with Crippen molar-refractivity contribution in [1.82, 2.24) is 9.88 Å². The number of piperazine rings is 1. The van der Waals surface area contributed by atoms with Gasteiger partial charge in [-0.3, -0.25) is 14.5 Å². The van der Waals surface area contributed by atoms with Crippen LogP contribution in [0.5, 0.6) is 0 Å². The number of nitrogens with zero attached hydrogens (tertiary/aromatic N) is 2. The van der Waals surface area contributed by atoms with E-state index in [1.807, 2.05) is 12.1 Å². The van der Waals surface area contributed by atoms with E-state index in [1.54, 1.807) is 24.3 Å². The van der Waals surface area contributed by atoms with Gasteiger partial charge in [0.1, 0.15) is 5.82 Å². The number of fused-ring (bicyclic) bond motifs is 1. The van der Waals surface area contributed by atoms with Gasteiger partial charge in [0.25, 0.3) is 0 Å². The highest BCUT2D eigenvalue weighted by Gasteiger charge is 2.25. The molecular formula is C22H22ClFN4O2. The zero-order valence-electron chi connectivity index (χ0n) is 16.5. The minimum absolute atomic E-state index is 0.100. The van der Waals surface area contributed by atoms with E-state index in [-0.39, 0.29) is 29.1 Å². The van der Waals surface area contributed by atoms with Gasteiger partial charge in [-0.05, 0) is 49.4 Å². The quantitative estimate of drug-likeness (QED) is 0.667. The first-order valence-electron chi connectivity index (χ1n) is 9.76. The predicted molar refractivity (Wildman–Crippen MR) is 118 cm³/mol. The molecule has 0 spiro atoms. The van der Waals surface area contributed by atoms with Gasteiger partial charge in [0.05, 0.1) is 11.6 Å². The number of aromatic nitrogens is 1. The summed E-state index contributed by atoms with van der Waals surface area (Å²) in [5.74, 6) is -0.528. The van der Waals surface area contributed by atoms with Crippen LogP contribution in [0.1, 0.15) is 6.92 Å². The Labute approximate surface area is 178 Å². The molecule has 3 aromatic rings. The average Bonchev–Trinajstić information content (AvgIpc) is 2.70.